The monoisotopic (exact) mass is 721 g/mol. The molecule has 0 bridgehead atoms. The molecule has 0 radical (unpaired) electrons. The van der Waals surface area contributed by atoms with Gasteiger partial charge in [-0.3, -0.25) is 4.98 Å². The van der Waals surface area contributed by atoms with Crippen molar-refractivity contribution in [3.63, 3.8) is 0 Å². The van der Waals surface area contributed by atoms with E-state index in [2.05, 4.69) is 187 Å². The topological polar surface area (TPSA) is 38.7 Å². The van der Waals surface area contributed by atoms with Crippen LogP contribution in [0.15, 0.2) is 182 Å². The lowest BCUT2D eigenvalue weighted by atomic mass is 9.96. The van der Waals surface area contributed by atoms with Gasteiger partial charge in [0, 0.05) is 34.1 Å². The molecule has 2 aromatic heterocycles. The molecule has 56 heavy (non-hydrogen) atoms. The quantitative estimate of drug-likeness (QED) is 0.164. The Labute approximate surface area is 329 Å². The lowest BCUT2D eigenvalue weighted by molar-refractivity contribution is 1.18. The van der Waals surface area contributed by atoms with Gasteiger partial charge < -0.3 is 0 Å². The molecule has 0 unspecified atom stereocenters. The van der Waals surface area contributed by atoms with Crippen LogP contribution in [0.5, 0.6) is 0 Å². The maximum Gasteiger partial charge on any atom is 0.160 e. The van der Waals surface area contributed by atoms with Gasteiger partial charge in [0.25, 0.3) is 0 Å². The Balaban J connectivity index is 0.00000217. The van der Waals surface area contributed by atoms with Gasteiger partial charge in [-0.2, -0.15) is 0 Å². The third-order valence-electron chi connectivity index (χ3n) is 10.2. The molecule has 2 heterocycles. The van der Waals surface area contributed by atoms with Crippen LogP contribution in [0.4, 0.5) is 0 Å². The summed E-state index contributed by atoms with van der Waals surface area (Å²) in [5.41, 5.74) is 13.9. The zero-order valence-electron chi connectivity index (χ0n) is 32.2. The molecule has 7 aromatic carbocycles. The third-order valence-corrected chi connectivity index (χ3v) is 10.2. The Morgan fingerprint density at radius 2 is 0.875 bits per heavy atom. The summed E-state index contributed by atoms with van der Waals surface area (Å²) in [6.45, 7) is 8.07. The molecule has 0 aliphatic rings. The summed E-state index contributed by atoms with van der Waals surface area (Å²) in [6, 6.07) is 60.3. The molecule has 0 N–H and O–H groups in total. The van der Waals surface area contributed by atoms with Gasteiger partial charge in [-0.25, -0.2) is 9.97 Å². The first-order chi connectivity index (χ1) is 27.6. The molecule has 0 saturated heterocycles. The predicted octanol–water partition coefficient (Wildman–Crippen LogP) is 14.5. The first kappa shape index (κ1) is 36.0. The number of rotatable bonds is 7. The van der Waals surface area contributed by atoms with E-state index in [4.69, 9.17) is 9.97 Å². The zero-order valence-corrected chi connectivity index (χ0v) is 32.2. The highest BCUT2D eigenvalue weighted by molar-refractivity contribution is 5.98. The van der Waals surface area contributed by atoms with E-state index in [-0.39, 0.29) is 0 Å². The van der Waals surface area contributed by atoms with Gasteiger partial charge in [0.1, 0.15) is 0 Å². The van der Waals surface area contributed by atoms with Gasteiger partial charge in [0.05, 0.1) is 11.4 Å². The Morgan fingerprint density at radius 1 is 0.429 bits per heavy atom. The Morgan fingerprint density at radius 3 is 1.39 bits per heavy atom. The summed E-state index contributed by atoms with van der Waals surface area (Å²) in [4.78, 5) is 15.0. The van der Waals surface area contributed by atoms with Gasteiger partial charge in [-0.05, 0) is 80.9 Å². The summed E-state index contributed by atoms with van der Waals surface area (Å²) in [6.07, 6.45) is 6.10. The molecule has 3 heteroatoms. The molecule has 0 fully saturated rings. The molecule has 0 aliphatic carbocycles. The van der Waals surface area contributed by atoms with E-state index in [9.17, 15) is 0 Å². The Bertz CT molecular complexity index is 2660. The van der Waals surface area contributed by atoms with Crippen molar-refractivity contribution in [2.75, 3.05) is 0 Å². The van der Waals surface area contributed by atoms with Crippen LogP contribution in [0.25, 0.3) is 94.9 Å². The van der Waals surface area contributed by atoms with Crippen molar-refractivity contribution >= 4 is 27.6 Å². The molecule has 0 atom stereocenters. The van der Waals surface area contributed by atoms with Crippen LogP contribution in [0.3, 0.4) is 0 Å². The number of allylic oxidation sites excluding steroid dienone is 1. The molecule has 0 amide bonds. The molecule has 0 saturated carbocycles. The Hall–Kier alpha value is -6.97. The second-order valence-corrected chi connectivity index (χ2v) is 13.6. The minimum absolute atomic E-state index is 0.688. The summed E-state index contributed by atoms with van der Waals surface area (Å²) in [5.74, 6) is 0.688. The largest absolute Gasteiger partial charge is 0.260 e. The molecular formula is C53H43N3. The number of aromatic nitrogens is 3. The van der Waals surface area contributed by atoms with E-state index < -0.39 is 0 Å². The summed E-state index contributed by atoms with van der Waals surface area (Å²) < 4.78 is 0. The summed E-state index contributed by atoms with van der Waals surface area (Å²) in [7, 11) is 0. The predicted molar refractivity (Wildman–Crippen MR) is 238 cm³/mol. The number of pyridine rings is 1. The minimum Gasteiger partial charge on any atom is -0.260 e. The summed E-state index contributed by atoms with van der Waals surface area (Å²) in [5, 5.41) is 4.95. The summed E-state index contributed by atoms with van der Waals surface area (Å²) >= 11 is 0. The fourth-order valence-electron chi connectivity index (χ4n) is 7.34. The molecule has 270 valence electrons. The van der Waals surface area contributed by atoms with E-state index in [0.717, 1.165) is 56.0 Å². The average Bonchev–Trinajstić information content (AvgIpc) is 3.27. The number of hydrogen-bond donors (Lipinski definition) is 0. The highest BCUT2D eigenvalue weighted by Crippen LogP contribution is 2.34. The smallest absolute Gasteiger partial charge is 0.160 e. The lowest BCUT2D eigenvalue weighted by Gasteiger charge is -2.12. The fourth-order valence-corrected chi connectivity index (χ4v) is 7.34. The SMILES string of the molecule is C/C=C\c1cc(-c2ccc(-c3cc(-c4ccc(-c5cccc6ccccc56)cc4)nc(-c4ccc(-c5cccc6ccccc56)cc4)n3)cc2)cnc1C.CC. The van der Waals surface area contributed by atoms with E-state index in [1.165, 1.54) is 38.2 Å². The molecule has 0 aliphatic heterocycles. The molecule has 9 aromatic rings. The van der Waals surface area contributed by atoms with E-state index >= 15 is 0 Å². The first-order valence-corrected chi connectivity index (χ1v) is 19.4. The number of aryl methyl sites for hydroxylation is 1. The normalized spacial score (nSPS) is 11.1. The van der Waals surface area contributed by atoms with E-state index in [0.29, 0.717) is 5.82 Å². The highest BCUT2D eigenvalue weighted by atomic mass is 14.9. The molecule has 0 spiro atoms. The van der Waals surface area contributed by atoms with Crippen molar-refractivity contribution in [1.29, 1.82) is 0 Å². The second kappa shape index (κ2) is 16.2. The van der Waals surface area contributed by atoms with E-state index in [1.807, 2.05) is 33.9 Å². The fraction of sp³-hybridized carbons (Fsp3) is 0.0755. The maximum atomic E-state index is 5.18. The number of fused-ring (bicyclic) bond motifs is 2. The van der Waals surface area contributed by atoms with Crippen LogP contribution < -0.4 is 0 Å². The van der Waals surface area contributed by atoms with Crippen LogP contribution in [0.2, 0.25) is 0 Å². The number of benzene rings is 7. The Kier molecular flexibility index (Phi) is 10.4. The van der Waals surface area contributed by atoms with Gasteiger partial charge in [-0.15, -0.1) is 0 Å². The van der Waals surface area contributed by atoms with Gasteiger partial charge >= 0.3 is 0 Å². The third kappa shape index (κ3) is 7.28. The number of nitrogens with zero attached hydrogens (tertiary/aromatic N) is 3. The van der Waals surface area contributed by atoms with Crippen LogP contribution in [-0.2, 0) is 0 Å². The number of hydrogen-bond acceptors (Lipinski definition) is 3. The van der Waals surface area contributed by atoms with Gasteiger partial charge in [-0.1, -0.05) is 184 Å². The van der Waals surface area contributed by atoms with Crippen molar-refractivity contribution < 1.29 is 0 Å². The van der Waals surface area contributed by atoms with Crippen molar-refractivity contribution in [2.45, 2.75) is 27.7 Å². The zero-order chi connectivity index (χ0) is 38.4. The van der Waals surface area contributed by atoms with Crippen molar-refractivity contribution in [3.05, 3.63) is 193 Å². The maximum absolute atomic E-state index is 5.18. The minimum atomic E-state index is 0.688. The molecule has 9 rings (SSSR count). The van der Waals surface area contributed by atoms with Crippen LogP contribution in [-0.4, -0.2) is 15.0 Å². The average molecular weight is 722 g/mol. The van der Waals surface area contributed by atoms with Gasteiger partial charge in [0.2, 0.25) is 0 Å². The second-order valence-electron chi connectivity index (χ2n) is 13.6. The van der Waals surface area contributed by atoms with E-state index in [1.54, 1.807) is 0 Å². The first-order valence-electron chi connectivity index (χ1n) is 19.4. The molecule has 3 nitrogen and oxygen atoms in total. The van der Waals surface area contributed by atoms with Crippen LogP contribution >= 0.6 is 0 Å². The molecular weight excluding hydrogens is 679 g/mol. The standard InChI is InChI=1S/C51H37N3.C2H6/c1-3-10-43-31-44(33-52-34(43)2)35-19-25-40(26-20-35)49-32-50(41-27-21-38(22-28-41)47-17-8-13-36-11-4-6-15-45(36)47)54-51(53-49)42-29-23-39(24-30-42)48-18-9-14-37-12-5-7-16-46(37)48;1-2/h3-33H,1-2H3;1-2H3/b10-3-;. The lowest BCUT2D eigenvalue weighted by Crippen LogP contribution is -1.96. The van der Waals surface area contributed by atoms with Crippen LogP contribution in [0, 0.1) is 6.92 Å². The highest BCUT2D eigenvalue weighted by Gasteiger charge is 2.13. The van der Waals surface area contributed by atoms with Crippen LogP contribution in [0.1, 0.15) is 32.0 Å². The van der Waals surface area contributed by atoms with Crippen molar-refractivity contribution in [1.82, 2.24) is 15.0 Å². The van der Waals surface area contributed by atoms with Crippen molar-refractivity contribution in [2.24, 2.45) is 0 Å². The van der Waals surface area contributed by atoms with Gasteiger partial charge in [0.15, 0.2) is 5.82 Å². The van der Waals surface area contributed by atoms with Crippen molar-refractivity contribution in [3.8, 4) is 67.3 Å².